The summed E-state index contributed by atoms with van der Waals surface area (Å²) in [6.45, 7) is 5.10. The standard InChI is InChI=1S/C13H24N6O2/c1-10(2)7-15-13(21)16-12(20)9-19-8-11(17-18-19)5-3-4-6-14/h8,10H,3-7,9,14H2,1-2H3,(H2,15,16,20,21). The number of carbonyl (C=O) groups is 2. The Hall–Kier alpha value is -1.96. The molecule has 0 unspecified atom stereocenters. The molecule has 8 nitrogen and oxygen atoms in total. The number of amides is 3. The van der Waals surface area contributed by atoms with Crippen molar-refractivity contribution >= 4 is 11.9 Å². The van der Waals surface area contributed by atoms with Gasteiger partial charge in [-0.25, -0.2) is 9.48 Å². The smallest absolute Gasteiger partial charge is 0.321 e. The fraction of sp³-hybridized carbons (Fsp3) is 0.692. The summed E-state index contributed by atoms with van der Waals surface area (Å²) < 4.78 is 1.42. The molecule has 1 aromatic rings. The van der Waals surface area contributed by atoms with Crippen molar-refractivity contribution in [2.24, 2.45) is 11.7 Å². The molecule has 21 heavy (non-hydrogen) atoms. The highest BCUT2D eigenvalue weighted by atomic mass is 16.2. The van der Waals surface area contributed by atoms with Gasteiger partial charge in [-0.3, -0.25) is 10.1 Å². The van der Waals surface area contributed by atoms with Crippen molar-refractivity contribution in [3.63, 3.8) is 0 Å². The van der Waals surface area contributed by atoms with E-state index in [1.807, 2.05) is 13.8 Å². The molecule has 8 heteroatoms. The predicted molar refractivity (Wildman–Crippen MR) is 78.4 cm³/mol. The van der Waals surface area contributed by atoms with Crippen LogP contribution in [0.5, 0.6) is 0 Å². The van der Waals surface area contributed by atoms with Crippen LogP contribution in [0.4, 0.5) is 4.79 Å². The topological polar surface area (TPSA) is 115 Å². The number of aryl methyl sites for hydroxylation is 1. The van der Waals surface area contributed by atoms with Crippen molar-refractivity contribution in [3.8, 4) is 0 Å². The number of nitrogens with one attached hydrogen (secondary N) is 2. The number of unbranched alkanes of at least 4 members (excludes halogenated alkanes) is 1. The first-order valence-electron chi connectivity index (χ1n) is 7.18. The summed E-state index contributed by atoms with van der Waals surface area (Å²) in [5.74, 6) is -0.0908. The van der Waals surface area contributed by atoms with Crippen molar-refractivity contribution in [1.82, 2.24) is 25.6 Å². The zero-order valence-electron chi connectivity index (χ0n) is 12.6. The van der Waals surface area contributed by atoms with Crippen LogP contribution in [0.25, 0.3) is 0 Å². The summed E-state index contributed by atoms with van der Waals surface area (Å²) >= 11 is 0. The van der Waals surface area contributed by atoms with Gasteiger partial charge in [0.05, 0.1) is 5.69 Å². The molecule has 4 N–H and O–H groups in total. The van der Waals surface area contributed by atoms with Crippen molar-refractivity contribution in [2.75, 3.05) is 13.1 Å². The molecule has 0 atom stereocenters. The van der Waals surface area contributed by atoms with Crippen molar-refractivity contribution in [3.05, 3.63) is 11.9 Å². The molecule has 0 aliphatic heterocycles. The highest BCUT2D eigenvalue weighted by molar-refractivity contribution is 5.94. The maximum Gasteiger partial charge on any atom is 0.321 e. The van der Waals surface area contributed by atoms with E-state index >= 15 is 0 Å². The second kappa shape index (κ2) is 9.06. The number of urea groups is 1. The Bertz CT molecular complexity index is 457. The van der Waals surface area contributed by atoms with Crippen LogP contribution in [-0.2, 0) is 17.8 Å². The summed E-state index contributed by atoms with van der Waals surface area (Å²) in [7, 11) is 0. The van der Waals surface area contributed by atoms with Gasteiger partial charge in [-0.1, -0.05) is 19.1 Å². The first kappa shape index (κ1) is 17.1. The summed E-state index contributed by atoms with van der Waals surface area (Å²) in [6.07, 6.45) is 4.37. The third-order valence-corrected chi connectivity index (χ3v) is 2.70. The van der Waals surface area contributed by atoms with Crippen molar-refractivity contribution < 1.29 is 9.59 Å². The van der Waals surface area contributed by atoms with Crippen LogP contribution in [0.1, 0.15) is 32.4 Å². The Morgan fingerprint density at radius 3 is 2.81 bits per heavy atom. The minimum absolute atomic E-state index is 0.0288. The van der Waals surface area contributed by atoms with E-state index in [1.165, 1.54) is 4.68 Å². The predicted octanol–water partition coefficient (Wildman–Crippen LogP) is 0.0413. The number of nitrogens with zero attached hydrogens (tertiary/aromatic N) is 3. The summed E-state index contributed by atoms with van der Waals surface area (Å²) in [4.78, 5) is 23.1. The summed E-state index contributed by atoms with van der Waals surface area (Å²) in [5.41, 5.74) is 6.24. The van der Waals surface area contributed by atoms with Crippen LogP contribution in [0, 0.1) is 5.92 Å². The van der Waals surface area contributed by atoms with Gasteiger partial charge in [0.1, 0.15) is 6.54 Å². The molecule has 0 bridgehead atoms. The molecule has 1 rings (SSSR count). The van der Waals surface area contributed by atoms with Gasteiger partial charge in [-0.2, -0.15) is 0 Å². The van der Waals surface area contributed by atoms with Gasteiger partial charge in [0, 0.05) is 12.7 Å². The fourth-order valence-corrected chi connectivity index (χ4v) is 1.64. The summed E-state index contributed by atoms with van der Waals surface area (Å²) in [6, 6.07) is -0.489. The monoisotopic (exact) mass is 296 g/mol. The fourth-order valence-electron chi connectivity index (χ4n) is 1.64. The SMILES string of the molecule is CC(C)CNC(=O)NC(=O)Cn1cc(CCCCN)nn1. The molecule has 0 saturated carbocycles. The molecular weight excluding hydrogens is 272 g/mol. The number of hydrogen-bond acceptors (Lipinski definition) is 5. The second-order valence-electron chi connectivity index (χ2n) is 5.31. The number of hydrogen-bond donors (Lipinski definition) is 3. The van der Waals surface area contributed by atoms with E-state index in [0.29, 0.717) is 19.0 Å². The van der Waals surface area contributed by atoms with Crippen LogP contribution in [-0.4, -0.2) is 40.0 Å². The molecule has 1 heterocycles. The van der Waals surface area contributed by atoms with Crippen LogP contribution < -0.4 is 16.4 Å². The van der Waals surface area contributed by atoms with E-state index in [0.717, 1.165) is 25.0 Å². The normalized spacial score (nSPS) is 10.7. The van der Waals surface area contributed by atoms with E-state index < -0.39 is 11.9 Å². The Morgan fingerprint density at radius 1 is 1.38 bits per heavy atom. The maximum absolute atomic E-state index is 11.7. The first-order valence-corrected chi connectivity index (χ1v) is 7.18. The van der Waals surface area contributed by atoms with E-state index in [1.54, 1.807) is 6.20 Å². The summed E-state index contributed by atoms with van der Waals surface area (Å²) in [5, 5.41) is 12.7. The van der Waals surface area contributed by atoms with E-state index in [4.69, 9.17) is 5.73 Å². The zero-order chi connectivity index (χ0) is 15.7. The third kappa shape index (κ3) is 7.40. The Labute approximate surface area is 124 Å². The van der Waals surface area contributed by atoms with Gasteiger partial charge in [0.15, 0.2) is 0 Å². The molecule has 0 fully saturated rings. The Morgan fingerprint density at radius 2 is 2.14 bits per heavy atom. The molecule has 0 aliphatic rings. The van der Waals surface area contributed by atoms with E-state index in [-0.39, 0.29) is 6.54 Å². The van der Waals surface area contributed by atoms with Gasteiger partial charge >= 0.3 is 6.03 Å². The molecule has 0 spiro atoms. The molecular formula is C13H24N6O2. The third-order valence-electron chi connectivity index (χ3n) is 2.70. The highest BCUT2D eigenvalue weighted by Crippen LogP contribution is 2.00. The van der Waals surface area contributed by atoms with Crippen LogP contribution in [0.3, 0.4) is 0 Å². The molecule has 0 radical (unpaired) electrons. The second-order valence-corrected chi connectivity index (χ2v) is 5.31. The highest BCUT2D eigenvalue weighted by Gasteiger charge is 2.10. The number of rotatable bonds is 8. The first-order chi connectivity index (χ1) is 10.0. The lowest BCUT2D eigenvalue weighted by Crippen LogP contribution is -2.42. The minimum Gasteiger partial charge on any atom is -0.338 e. The van der Waals surface area contributed by atoms with Gasteiger partial charge in [-0.05, 0) is 31.7 Å². The number of aromatic nitrogens is 3. The van der Waals surface area contributed by atoms with Gasteiger partial charge in [0.2, 0.25) is 5.91 Å². The van der Waals surface area contributed by atoms with Gasteiger partial charge in [-0.15, -0.1) is 5.10 Å². The minimum atomic E-state index is -0.489. The average Bonchev–Trinajstić information content (AvgIpc) is 2.84. The van der Waals surface area contributed by atoms with Gasteiger partial charge in [0.25, 0.3) is 0 Å². The number of nitrogens with two attached hydrogens (primary N) is 1. The number of carbonyl (C=O) groups excluding carboxylic acids is 2. The Kier molecular flexibility index (Phi) is 7.38. The molecule has 0 aliphatic carbocycles. The quantitative estimate of drug-likeness (QED) is 0.586. The van der Waals surface area contributed by atoms with E-state index in [9.17, 15) is 9.59 Å². The largest absolute Gasteiger partial charge is 0.338 e. The van der Waals surface area contributed by atoms with Crippen molar-refractivity contribution in [1.29, 1.82) is 0 Å². The average molecular weight is 296 g/mol. The van der Waals surface area contributed by atoms with Crippen molar-refractivity contribution in [2.45, 2.75) is 39.7 Å². The molecule has 118 valence electrons. The van der Waals surface area contributed by atoms with Crippen LogP contribution in [0.15, 0.2) is 6.20 Å². The van der Waals surface area contributed by atoms with E-state index in [2.05, 4.69) is 20.9 Å². The van der Waals surface area contributed by atoms with Gasteiger partial charge < -0.3 is 11.1 Å². The molecule has 0 saturated heterocycles. The molecule has 3 amide bonds. The Balaban J connectivity index is 2.32. The van der Waals surface area contributed by atoms with Crippen LogP contribution in [0.2, 0.25) is 0 Å². The maximum atomic E-state index is 11.7. The molecule has 0 aromatic carbocycles. The lowest BCUT2D eigenvalue weighted by Gasteiger charge is -2.08. The number of imide groups is 1. The molecule has 1 aromatic heterocycles. The van der Waals surface area contributed by atoms with Crippen LogP contribution >= 0.6 is 0 Å². The lowest BCUT2D eigenvalue weighted by molar-refractivity contribution is -0.120. The lowest BCUT2D eigenvalue weighted by atomic mass is 10.2. The zero-order valence-corrected chi connectivity index (χ0v) is 12.6.